The van der Waals surface area contributed by atoms with Crippen LogP contribution in [0.3, 0.4) is 0 Å². The van der Waals surface area contributed by atoms with E-state index in [-0.39, 0.29) is 11.3 Å². The lowest BCUT2D eigenvalue weighted by Gasteiger charge is -2.34. The van der Waals surface area contributed by atoms with Crippen LogP contribution in [-0.4, -0.2) is 31.8 Å². The zero-order valence-electron chi connectivity index (χ0n) is 10.8. The highest BCUT2D eigenvalue weighted by Crippen LogP contribution is 2.19. The molecule has 5 nitrogen and oxygen atoms in total. The van der Waals surface area contributed by atoms with E-state index in [1.807, 2.05) is 0 Å². The first-order valence-corrected chi connectivity index (χ1v) is 6.13. The molecule has 1 aromatic heterocycles. The molecule has 100 valence electrons. The molecule has 0 bridgehead atoms. The van der Waals surface area contributed by atoms with Crippen molar-refractivity contribution in [3.8, 4) is 0 Å². The van der Waals surface area contributed by atoms with Crippen molar-refractivity contribution in [2.45, 2.75) is 31.8 Å². The number of hydrogen-bond acceptors (Lipinski definition) is 5. The second-order valence-corrected chi connectivity index (χ2v) is 4.83. The van der Waals surface area contributed by atoms with Crippen molar-refractivity contribution in [2.75, 3.05) is 20.3 Å². The zero-order valence-corrected chi connectivity index (χ0v) is 10.8. The smallest absolute Gasteiger partial charge is 0.373 e. The van der Waals surface area contributed by atoms with Gasteiger partial charge < -0.3 is 19.2 Å². The molecule has 1 fully saturated rings. The third kappa shape index (κ3) is 3.11. The summed E-state index contributed by atoms with van der Waals surface area (Å²) in [7, 11) is 1.34. The summed E-state index contributed by atoms with van der Waals surface area (Å²) in [5, 5.41) is 3.41. The van der Waals surface area contributed by atoms with Crippen LogP contribution in [0.25, 0.3) is 0 Å². The average Bonchev–Trinajstić information content (AvgIpc) is 2.85. The van der Waals surface area contributed by atoms with Crippen LogP contribution in [0.15, 0.2) is 16.5 Å². The maximum absolute atomic E-state index is 11.2. The van der Waals surface area contributed by atoms with Crippen molar-refractivity contribution in [3.05, 3.63) is 23.7 Å². The van der Waals surface area contributed by atoms with Gasteiger partial charge in [0.25, 0.3) is 0 Å². The SMILES string of the molecule is COC(=O)c1ccc(CNC2(C)CCCOC2)o1. The molecule has 0 radical (unpaired) electrons. The van der Waals surface area contributed by atoms with Gasteiger partial charge >= 0.3 is 5.97 Å². The Hall–Kier alpha value is -1.33. The first kappa shape index (κ1) is 13.1. The monoisotopic (exact) mass is 253 g/mol. The quantitative estimate of drug-likeness (QED) is 0.828. The number of hydrogen-bond donors (Lipinski definition) is 1. The fourth-order valence-electron chi connectivity index (χ4n) is 2.06. The van der Waals surface area contributed by atoms with E-state index in [0.717, 1.165) is 25.2 Å². The molecule has 1 saturated heterocycles. The number of ether oxygens (including phenoxy) is 2. The maximum Gasteiger partial charge on any atom is 0.373 e. The van der Waals surface area contributed by atoms with Crippen molar-refractivity contribution in [1.82, 2.24) is 5.32 Å². The molecule has 1 aliphatic rings. The summed E-state index contributed by atoms with van der Waals surface area (Å²) in [6, 6.07) is 3.41. The van der Waals surface area contributed by atoms with E-state index in [2.05, 4.69) is 17.0 Å². The summed E-state index contributed by atoms with van der Waals surface area (Å²) in [5.41, 5.74) is -0.0174. The van der Waals surface area contributed by atoms with Gasteiger partial charge in [-0.25, -0.2) is 4.79 Å². The lowest BCUT2D eigenvalue weighted by Crippen LogP contribution is -2.48. The maximum atomic E-state index is 11.2. The molecule has 0 aliphatic carbocycles. The Bertz CT molecular complexity index is 407. The van der Waals surface area contributed by atoms with Crippen molar-refractivity contribution in [3.63, 3.8) is 0 Å². The van der Waals surface area contributed by atoms with E-state index in [1.165, 1.54) is 7.11 Å². The van der Waals surface area contributed by atoms with Crippen LogP contribution in [-0.2, 0) is 16.0 Å². The first-order chi connectivity index (χ1) is 8.63. The van der Waals surface area contributed by atoms with Gasteiger partial charge in [-0.15, -0.1) is 0 Å². The second-order valence-electron chi connectivity index (χ2n) is 4.83. The van der Waals surface area contributed by atoms with E-state index in [1.54, 1.807) is 12.1 Å². The highest BCUT2D eigenvalue weighted by Gasteiger charge is 2.27. The van der Waals surface area contributed by atoms with Crippen LogP contribution in [0.1, 0.15) is 36.1 Å². The molecule has 1 N–H and O–H groups in total. The summed E-state index contributed by atoms with van der Waals surface area (Å²) in [6.07, 6.45) is 2.15. The van der Waals surface area contributed by atoms with E-state index in [4.69, 9.17) is 9.15 Å². The molecule has 1 unspecified atom stereocenters. The number of rotatable bonds is 4. The Morgan fingerprint density at radius 2 is 2.39 bits per heavy atom. The Kier molecular flexibility index (Phi) is 4.04. The number of esters is 1. The van der Waals surface area contributed by atoms with Gasteiger partial charge in [-0.2, -0.15) is 0 Å². The molecular formula is C13H19NO4. The van der Waals surface area contributed by atoms with E-state index in [9.17, 15) is 4.79 Å². The summed E-state index contributed by atoms with van der Waals surface area (Å²) in [5.74, 6) is 0.509. The van der Waals surface area contributed by atoms with Crippen LogP contribution in [0, 0.1) is 0 Å². The number of carbonyl (C=O) groups is 1. The lowest BCUT2D eigenvalue weighted by molar-refractivity contribution is 0.0269. The number of nitrogens with one attached hydrogen (secondary N) is 1. The highest BCUT2D eigenvalue weighted by molar-refractivity contribution is 5.86. The van der Waals surface area contributed by atoms with Crippen molar-refractivity contribution >= 4 is 5.97 Å². The molecule has 0 spiro atoms. The molecule has 5 heteroatoms. The van der Waals surface area contributed by atoms with Gasteiger partial charge in [-0.3, -0.25) is 0 Å². The fourth-order valence-corrected chi connectivity index (χ4v) is 2.06. The zero-order chi connectivity index (χ0) is 13.0. The second kappa shape index (κ2) is 5.54. The fraction of sp³-hybridized carbons (Fsp3) is 0.615. The normalized spacial score (nSPS) is 23.9. The van der Waals surface area contributed by atoms with Gasteiger partial charge in [0.2, 0.25) is 5.76 Å². The topological polar surface area (TPSA) is 60.7 Å². The van der Waals surface area contributed by atoms with Crippen molar-refractivity contribution in [2.24, 2.45) is 0 Å². The summed E-state index contributed by atoms with van der Waals surface area (Å²) in [6.45, 7) is 4.26. The average molecular weight is 253 g/mol. The molecule has 2 heterocycles. The van der Waals surface area contributed by atoms with Crippen LogP contribution in [0.5, 0.6) is 0 Å². The minimum Gasteiger partial charge on any atom is -0.463 e. The van der Waals surface area contributed by atoms with E-state index < -0.39 is 5.97 Å². The van der Waals surface area contributed by atoms with Gasteiger partial charge in [0.05, 0.1) is 20.3 Å². The number of furan rings is 1. The van der Waals surface area contributed by atoms with E-state index in [0.29, 0.717) is 13.2 Å². The standard InChI is InChI=1S/C13H19NO4/c1-13(6-3-7-17-9-13)14-8-10-4-5-11(18-10)12(15)16-2/h4-5,14H,3,6-9H2,1-2H3. The molecule has 0 aromatic carbocycles. The Morgan fingerprint density at radius 1 is 1.56 bits per heavy atom. The third-order valence-electron chi connectivity index (χ3n) is 3.18. The predicted molar refractivity (Wildman–Crippen MR) is 65.3 cm³/mol. The van der Waals surface area contributed by atoms with Crippen molar-refractivity contribution in [1.29, 1.82) is 0 Å². The molecular weight excluding hydrogens is 234 g/mol. The molecule has 2 rings (SSSR count). The highest BCUT2D eigenvalue weighted by atomic mass is 16.5. The van der Waals surface area contributed by atoms with Gasteiger partial charge in [0.15, 0.2) is 0 Å². The van der Waals surface area contributed by atoms with Crippen molar-refractivity contribution < 1.29 is 18.7 Å². The van der Waals surface area contributed by atoms with Gasteiger partial charge in [0, 0.05) is 12.1 Å². The van der Waals surface area contributed by atoms with Gasteiger partial charge in [-0.1, -0.05) is 0 Å². The third-order valence-corrected chi connectivity index (χ3v) is 3.18. The number of methoxy groups -OCH3 is 1. The number of carbonyl (C=O) groups excluding carboxylic acids is 1. The molecule has 18 heavy (non-hydrogen) atoms. The van der Waals surface area contributed by atoms with Crippen LogP contribution in [0.2, 0.25) is 0 Å². The Morgan fingerprint density at radius 3 is 3.06 bits per heavy atom. The van der Waals surface area contributed by atoms with E-state index >= 15 is 0 Å². The summed E-state index contributed by atoms with van der Waals surface area (Å²) < 4.78 is 15.5. The van der Waals surface area contributed by atoms with Gasteiger partial charge in [-0.05, 0) is 31.9 Å². The van der Waals surface area contributed by atoms with Crippen LogP contribution < -0.4 is 5.32 Å². The first-order valence-electron chi connectivity index (χ1n) is 6.13. The molecule has 1 atom stereocenters. The van der Waals surface area contributed by atoms with Crippen LogP contribution >= 0.6 is 0 Å². The van der Waals surface area contributed by atoms with Gasteiger partial charge in [0.1, 0.15) is 5.76 Å². The molecule has 0 saturated carbocycles. The Balaban J connectivity index is 1.89. The summed E-state index contributed by atoms with van der Waals surface area (Å²) >= 11 is 0. The van der Waals surface area contributed by atoms with Crippen LogP contribution in [0.4, 0.5) is 0 Å². The predicted octanol–water partition coefficient (Wildman–Crippen LogP) is 1.72. The molecule has 1 aliphatic heterocycles. The lowest BCUT2D eigenvalue weighted by atomic mass is 9.95. The Labute approximate surface area is 106 Å². The summed E-state index contributed by atoms with van der Waals surface area (Å²) in [4.78, 5) is 11.2. The molecule has 1 aromatic rings. The minimum atomic E-state index is -0.450. The largest absolute Gasteiger partial charge is 0.463 e. The molecule has 0 amide bonds. The minimum absolute atomic E-state index is 0.0174.